The highest BCUT2D eigenvalue weighted by atomic mass is 16.3. The molecular weight excluding hydrogens is 186 g/mol. The van der Waals surface area contributed by atoms with Crippen LogP contribution < -0.4 is 0 Å². The molecule has 0 spiro atoms. The van der Waals surface area contributed by atoms with Gasteiger partial charge in [0.2, 0.25) is 0 Å². The van der Waals surface area contributed by atoms with E-state index in [0.29, 0.717) is 5.75 Å². The lowest BCUT2D eigenvalue weighted by Crippen LogP contribution is -2.23. The van der Waals surface area contributed by atoms with Gasteiger partial charge in [0.15, 0.2) is 0 Å². The monoisotopic (exact) mass is 205 g/mol. The number of likely N-dealkylation sites (N-methyl/N-ethyl adjacent to an activating group) is 1. The first-order valence-corrected chi connectivity index (χ1v) is 5.14. The van der Waals surface area contributed by atoms with Crippen molar-refractivity contribution in [2.75, 3.05) is 13.6 Å². The quantitative estimate of drug-likeness (QED) is 0.764. The van der Waals surface area contributed by atoms with Gasteiger partial charge >= 0.3 is 0 Å². The number of aromatic hydroxyl groups is 1. The van der Waals surface area contributed by atoms with E-state index in [1.165, 1.54) is 0 Å². The van der Waals surface area contributed by atoms with Gasteiger partial charge in [0.05, 0.1) is 0 Å². The number of hydrogen-bond donors (Lipinski definition) is 1. The third-order valence-corrected chi connectivity index (χ3v) is 2.53. The fraction of sp³-hybridized carbons (Fsp3) is 0.385. The molecule has 1 rings (SSSR count). The largest absolute Gasteiger partial charge is 0.508 e. The van der Waals surface area contributed by atoms with E-state index in [-0.39, 0.29) is 6.04 Å². The minimum absolute atomic E-state index is 0.286. The van der Waals surface area contributed by atoms with E-state index < -0.39 is 0 Å². The summed E-state index contributed by atoms with van der Waals surface area (Å²) in [6.45, 7) is 8.91. The second-order valence-electron chi connectivity index (χ2n) is 4.14. The Morgan fingerprint density at radius 1 is 1.53 bits per heavy atom. The number of rotatable bonds is 4. The minimum Gasteiger partial charge on any atom is -0.508 e. The molecule has 1 aromatic rings. The van der Waals surface area contributed by atoms with E-state index in [1.807, 2.05) is 19.1 Å². The van der Waals surface area contributed by atoms with E-state index in [2.05, 4.69) is 25.5 Å². The van der Waals surface area contributed by atoms with E-state index in [1.54, 1.807) is 12.1 Å². The van der Waals surface area contributed by atoms with Gasteiger partial charge in [-0.15, -0.1) is 0 Å². The van der Waals surface area contributed by atoms with E-state index >= 15 is 0 Å². The van der Waals surface area contributed by atoms with Crippen LogP contribution >= 0.6 is 0 Å². The third-order valence-electron chi connectivity index (χ3n) is 2.53. The molecule has 82 valence electrons. The summed E-state index contributed by atoms with van der Waals surface area (Å²) in [4.78, 5) is 2.21. The van der Waals surface area contributed by atoms with Crippen molar-refractivity contribution in [3.8, 4) is 5.75 Å². The maximum absolute atomic E-state index is 9.39. The second kappa shape index (κ2) is 4.99. The van der Waals surface area contributed by atoms with Gasteiger partial charge in [-0.05, 0) is 38.6 Å². The SMILES string of the molecule is C=C(C)CN(C)[C@H](C)c1cccc(O)c1. The predicted octanol–water partition coefficient (Wildman–Crippen LogP) is 2.96. The number of hydrogen-bond acceptors (Lipinski definition) is 2. The summed E-state index contributed by atoms with van der Waals surface area (Å²) in [7, 11) is 2.06. The Morgan fingerprint density at radius 2 is 2.20 bits per heavy atom. The summed E-state index contributed by atoms with van der Waals surface area (Å²) < 4.78 is 0. The lowest BCUT2D eigenvalue weighted by atomic mass is 10.1. The number of nitrogens with zero attached hydrogens (tertiary/aromatic N) is 1. The van der Waals surface area contributed by atoms with Gasteiger partial charge in [-0.1, -0.05) is 24.3 Å². The molecule has 0 aliphatic rings. The van der Waals surface area contributed by atoms with Crippen LogP contribution in [0, 0.1) is 0 Å². The predicted molar refractivity (Wildman–Crippen MR) is 64.0 cm³/mol. The Morgan fingerprint density at radius 3 is 2.73 bits per heavy atom. The van der Waals surface area contributed by atoms with Crippen LogP contribution in [-0.4, -0.2) is 23.6 Å². The molecule has 0 fully saturated rings. The van der Waals surface area contributed by atoms with Crippen molar-refractivity contribution in [2.45, 2.75) is 19.9 Å². The van der Waals surface area contributed by atoms with Crippen molar-refractivity contribution in [3.63, 3.8) is 0 Å². The third kappa shape index (κ3) is 3.40. The lowest BCUT2D eigenvalue weighted by molar-refractivity contribution is 0.283. The molecule has 0 unspecified atom stereocenters. The summed E-state index contributed by atoms with van der Waals surface area (Å²) in [6, 6.07) is 7.68. The Balaban J connectivity index is 2.75. The Kier molecular flexibility index (Phi) is 3.92. The van der Waals surface area contributed by atoms with Crippen LogP contribution in [0.1, 0.15) is 25.5 Å². The van der Waals surface area contributed by atoms with Gasteiger partial charge in [0.1, 0.15) is 5.75 Å². The first-order chi connectivity index (χ1) is 7.00. The zero-order valence-corrected chi connectivity index (χ0v) is 9.70. The molecule has 0 bridgehead atoms. The molecule has 1 atom stereocenters. The van der Waals surface area contributed by atoms with Crippen LogP contribution in [0.2, 0.25) is 0 Å². The summed E-state index contributed by atoms with van der Waals surface area (Å²) >= 11 is 0. The van der Waals surface area contributed by atoms with Crippen LogP contribution in [0.25, 0.3) is 0 Å². The van der Waals surface area contributed by atoms with Crippen molar-refractivity contribution >= 4 is 0 Å². The molecule has 0 radical (unpaired) electrons. The molecule has 2 heteroatoms. The highest BCUT2D eigenvalue weighted by Gasteiger charge is 2.11. The van der Waals surface area contributed by atoms with Crippen LogP contribution in [-0.2, 0) is 0 Å². The molecule has 0 saturated heterocycles. The smallest absolute Gasteiger partial charge is 0.115 e. The van der Waals surface area contributed by atoms with Crippen molar-refractivity contribution in [1.82, 2.24) is 4.90 Å². The molecule has 15 heavy (non-hydrogen) atoms. The maximum Gasteiger partial charge on any atom is 0.115 e. The van der Waals surface area contributed by atoms with Crippen molar-refractivity contribution in [3.05, 3.63) is 42.0 Å². The maximum atomic E-state index is 9.39. The fourth-order valence-electron chi connectivity index (χ4n) is 1.60. The topological polar surface area (TPSA) is 23.5 Å². The van der Waals surface area contributed by atoms with E-state index in [4.69, 9.17) is 0 Å². The Labute approximate surface area is 91.9 Å². The Bertz CT molecular complexity index is 346. The van der Waals surface area contributed by atoms with Gasteiger partial charge in [-0.3, -0.25) is 4.90 Å². The standard InChI is InChI=1S/C13H19NO/c1-10(2)9-14(4)11(3)12-6-5-7-13(15)8-12/h5-8,11,15H,1,9H2,2-4H3/t11-/m1/s1. The summed E-state index contributed by atoms with van der Waals surface area (Å²) in [5.74, 6) is 0.322. The molecule has 0 saturated carbocycles. The van der Waals surface area contributed by atoms with Crippen LogP contribution in [0.15, 0.2) is 36.4 Å². The molecule has 0 aromatic heterocycles. The average Bonchev–Trinajstić information content (AvgIpc) is 2.15. The van der Waals surface area contributed by atoms with Gasteiger partial charge in [0.25, 0.3) is 0 Å². The molecule has 0 aliphatic heterocycles. The van der Waals surface area contributed by atoms with Crippen LogP contribution in [0.3, 0.4) is 0 Å². The van der Waals surface area contributed by atoms with Crippen LogP contribution in [0.5, 0.6) is 5.75 Å². The van der Waals surface area contributed by atoms with Gasteiger partial charge in [-0.25, -0.2) is 0 Å². The first kappa shape index (κ1) is 11.8. The van der Waals surface area contributed by atoms with Crippen LogP contribution in [0.4, 0.5) is 0 Å². The van der Waals surface area contributed by atoms with Crippen molar-refractivity contribution in [1.29, 1.82) is 0 Å². The molecule has 2 nitrogen and oxygen atoms in total. The second-order valence-corrected chi connectivity index (χ2v) is 4.14. The summed E-state index contributed by atoms with van der Waals surface area (Å²) in [6.07, 6.45) is 0. The van der Waals surface area contributed by atoms with Crippen molar-refractivity contribution < 1.29 is 5.11 Å². The molecule has 0 heterocycles. The molecular formula is C13H19NO. The molecule has 1 aromatic carbocycles. The first-order valence-electron chi connectivity index (χ1n) is 5.14. The Hall–Kier alpha value is -1.28. The fourth-order valence-corrected chi connectivity index (χ4v) is 1.60. The summed E-state index contributed by atoms with van der Waals surface area (Å²) in [5, 5.41) is 9.39. The number of phenols is 1. The molecule has 0 aliphatic carbocycles. The van der Waals surface area contributed by atoms with Gasteiger partial charge < -0.3 is 5.11 Å². The summed E-state index contributed by atoms with van der Waals surface area (Å²) in [5.41, 5.74) is 2.27. The highest BCUT2D eigenvalue weighted by Crippen LogP contribution is 2.22. The molecule has 0 amide bonds. The molecule has 1 N–H and O–H groups in total. The number of phenolic OH excluding ortho intramolecular Hbond substituents is 1. The van der Waals surface area contributed by atoms with Gasteiger partial charge in [0, 0.05) is 12.6 Å². The van der Waals surface area contributed by atoms with Gasteiger partial charge in [-0.2, -0.15) is 0 Å². The van der Waals surface area contributed by atoms with E-state index in [0.717, 1.165) is 17.7 Å². The highest BCUT2D eigenvalue weighted by molar-refractivity contribution is 5.29. The average molecular weight is 205 g/mol. The number of benzene rings is 1. The lowest BCUT2D eigenvalue weighted by Gasteiger charge is -2.25. The minimum atomic E-state index is 0.286. The zero-order chi connectivity index (χ0) is 11.4. The van der Waals surface area contributed by atoms with Crippen molar-refractivity contribution in [2.24, 2.45) is 0 Å². The van der Waals surface area contributed by atoms with E-state index in [9.17, 15) is 5.11 Å². The normalized spacial score (nSPS) is 12.8. The zero-order valence-electron chi connectivity index (χ0n) is 9.70.